The highest BCUT2D eigenvalue weighted by Gasteiger charge is 2.20. The van der Waals surface area contributed by atoms with Crippen LogP contribution in [0, 0.1) is 0 Å². The topological polar surface area (TPSA) is 41.6 Å². The van der Waals surface area contributed by atoms with Crippen molar-refractivity contribution in [3.63, 3.8) is 0 Å². The van der Waals surface area contributed by atoms with Gasteiger partial charge < -0.3 is 0 Å². The molecule has 0 saturated carbocycles. The predicted octanol–water partition coefficient (Wildman–Crippen LogP) is 5.25. The van der Waals surface area contributed by atoms with Crippen LogP contribution >= 0.6 is 50.7 Å². The highest BCUT2D eigenvalue weighted by molar-refractivity contribution is 9.11. The van der Waals surface area contributed by atoms with E-state index < -0.39 is 0 Å². The largest absolute Gasteiger partial charge is 0.250 e. The third-order valence-electron chi connectivity index (χ3n) is 2.95. The van der Waals surface area contributed by atoms with Gasteiger partial charge in [0, 0.05) is 27.4 Å². The Morgan fingerprint density at radius 1 is 1.43 bits per heavy atom. The summed E-state index contributed by atoms with van der Waals surface area (Å²) >= 11 is 22.1. The Labute approximate surface area is 147 Å². The summed E-state index contributed by atoms with van der Waals surface area (Å²) in [6, 6.07) is 0. The predicted molar refractivity (Wildman–Crippen MR) is 94.2 cm³/mol. The Balaban J connectivity index is 2.36. The number of rotatable bonds is 2. The molecular formula is C14H13BrCl3N3. The quantitative estimate of drug-likeness (QED) is 0.500. The average Bonchev–Trinajstić information content (AvgIpc) is 2.57. The third-order valence-corrected chi connectivity index (χ3v) is 4.33. The van der Waals surface area contributed by atoms with E-state index in [0.29, 0.717) is 33.9 Å². The molecule has 0 spiro atoms. The molecule has 2 N–H and O–H groups in total. The molecule has 0 aromatic heterocycles. The van der Waals surface area contributed by atoms with Gasteiger partial charge in [0.05, 0.1) is 5.71 Å². The third kappa shape index (κ3) is 4.02. The maximum absolute atomic E-state index is 6.30. The second kappa shape index (κ2) is 7.16. The first-order chi connectivity index (χ1) is 9.90. The molecule has 0 atom stereocenters. The van der Waals surface area contributed by atoms with E-state index in [2.05, 4.69) is 20.9 Å². The van der Waals surface area contributed by atoms with E-state index in [4.69, 9.17) is 40.6 Å². The Morgan fingerprint density at radius 2 is 2.14 bits per heavy atom. The number of hydrogen-bond acceptors (Lipinski definition) is 3. The van der Waals surface area contributed by atoms with Crippen LogP contribution in [0.2, 0.25) is 0 Å². The highest BCUT2D eigenvalue weighted by Crippen LogP contribution is 2.32. The van der Waals surface area contributed by atoms with E-state index in [1.54, 1.807) is 6.08 Å². The van der Waals surface area contributed by atoms with E-state index in [1.165, 1.54) is 5.01 Å². The van der Waals surface area contributed by atoms with Gasteiger partial charge in [-0.25, -0.2) is 10.8 Å². The van der Waals surface area contributed by atoms with Gasteiger partial charge in [-0.3, -0.25) is 5.01 Å². The van der Waals surface area contributed by atoms with Gasteiger partial charge in [0.25, 0.3) is 0 Å². The van der Waals surface area contributed by atoms with Crippen LogP contribution in [0.25, 0.3) is 0 Å². The second-order valence-electron chi connectivity index (χ2n) is 4.50. The lowest BCUT2D eigenvalue weighted by atomic mass is 10.1. The molecule has 1 heterocycles. The molecule has 0 aromatic carbocycles. The van der Waals surface area contributed by atoms with Gasteiger partial charge in [0.15, 0.2) is 5.82 Å². The summed E-state index contributed by atoms with van der Waals surface area (Å²) in [6.07, 6.45) is 8.52. The Hall–Kier alpha value is -0.520. The summed E-state index contributed by atoms with van der Waals surface area (Å²) in [5.41, 5.74) is 1.59. The molecule has 7 heteroatoms. The van der Waals surface area contributed by atoms with Gasteiger partial charge in [-0.2, -0.15) is 0 Å². The zero-order valence-corrected chi connectivity index (χ0v) is 15.1. The number of aliphatic imine (C=N–C) groups is 1. The summed E-state index contributed by atoms with van der Waals surface area (Å²) < 4.78 is 0.790. The van der Waals surface area contributed by atoms with E-state index in [9.17, 15) is 0 Å². The molecule has 2 aliphatic rings. The van der Waals surface area contributed by atoms with Gasteiger partial charge in [0.1, 0.15) is 5.16 Å². The van der Waals surface area contributed by atoms with Crippen molar-refractivity contribution in [2.75, 3.05) is 0 Å². The van der Waals surface area contributed by atoms with Crippen molar-refractivity contribution in [3.8, 4) is 0 Å². The minimum atomic E-state index is 0.386. The SMILES string of the molecule is C/C(Br)=C1/N=C(CC2=C(Cl)CC=CC=C2Cl)C=C(Cl)N1N. The fourth-order valence-corrected chi connectivity index (χ4v) is 2.95. The van der Waals surface area contributed by atoms with Gasteiger partial charge in [-0.1, -0.05) is 62.9 Å². The maximum Gasteiger partial charge on any atom is 0.158 e. The molecule has 0 aromatic rings. The molecule has 1 aliphatic carbocycles. The van der Waals surface area contributed by atoms with Crippen molar-refractivity contribution in [2.24, 2.45) is 10.8 Å². The maximum atomic E-state index is 6.30. The fraction of sp³-hybridized carbons (Fsp3) is 0.214. The molecular weight excluding hydrogens is 396 g/mol. The molecule has 0 bridgehead atoms. The van der Waals surface area contributed by atoms with E-state index in [-0.39, 0.29) is 0 Å². The molecule has 0 saturated heterocycles. The number of hydrazine groups is 1. The molecule has 0 unspecified atom stereocenters. The molecule has 0 radical (unpaired) electrons. The van der Waals surface area contributed by atoms with Gasteiger partial charge in [0.2, 0.25) is 0 Å². The summed E-state index contributed by atoms with van der Waals surface area (Å²) in [7, 11) is 0. The first kappa shape index (κ1) is 16.8. The van der Waals surface area contributed by atoms with Crippen LogP contribution in [0.4, 0.5) is 0 Å². The van der Waals surface area contributed by atoms with Gasteiger partial charge in [-0.15, -0.1) is 0 Å². The van der Waals surface area contributed by atoms with Gasteiger partial charge in [-0.05, 0) is 24.6 Å². The lowest BCUT2D eigenvalue weighted by Gasteiger charge is -2.24. The fourth-order valence-electron chi connectivity index (χ4n) is 1.90. The molecule has 1 aliphatic heterocycles. The van der Waals surface area contributed by atoms with Crippen molar-refractivity contribution >= 4 is 56.4 Å². The number of halogens is 4. The Kier molecular flexibility index (Phi) is 5.74. The first-order valence-electron chi connectivity index (χ1n) is 6.16. The van der Waals surface area contributed by atoms with E-state index >= 15 is 0 Å². The van der Waals surface area contributed by atoms with E-state index in [1.807, 2.05) is 25.2 Å². The smallest absolute Gasteiger partial charge is 0.158 e. The standard InChI is InChI=1S/C14H13BrCl3N3/c1-8(15)14-20-9(7-13(18)21(14)19)6-10-11(16)4-2-3-5-12(10)17/h2-4,7H,5-6,19H2,1H3/b14-8+. The van der Waals surface area contributed by atoms with Crippen LogP contribution in [0.1, 0.15) is 19.8 Å². The second-order valence-corrected chi connectivity index (χ2v) is 6.94. The number of hydrogen-bond donors (Lipinski definition) is 1. The molecule has 2 rings (SSSR count). The zero-order chi connectivity index (χ0) is 15.6. The lowest BCUT2D eigenvalue weighted by molar-refractivity contribution is 0.466. The number of allylic oxidation sites excluding steroid dienone is 8. The summed E-state index contributed by atoms with van der Waals surface area (Å²) in [5.74, 6) is 6.41. The van der Waals surface area contributed by atoms with Crippen molar-refractivity contribution in [1.29, 1.82) is 0 Å². The van der Waals surface area contributed by atoms with Crippen LogP contribution < -0.4 is 5.84 Å². The van der Waals surface area contributed by atoms with Crippen LogP contribution in [0.3, 0.4) is 0 Å². The summed E-state index contributed by atoms with van der Waals surface area (Å²) in [6.45, 7) is 1.85. The van der Waals surface area contributed by atoms with Crippen LogP contribution in [-0.4, -0.2) is 10.7 Å². The lowest BCUT2D eigenvalue weighted by Crippen LogP contribution is -2.30. The van der Waals surface area contributed by atoms with Crippen LogP contribution in [-0.2, 0) is 0 Å². The zero-order valence-electron chi connectivity index (χ0n) is 11.2. The Morgan fingerprint density at radius 3 is 2.81 bits per heavy atom. The highest BCUT2D eigenvalue weighted by atomic mass is 79.9. The van der Waals surface area contributed by atoms with Crippen molar-refractivity contribution in [2.45, 2.75) is 19.8 Å². The minimum Gasteiger partial charge on any atom is -0.250 e. The molecule has 21 heavy (non-hydrogen) atoms. The number of nitrogens with zero attached hydrogens (tertiary/aromatic N) is 2. The first-order valence-corrected chi connectivity index (χ1v) is 8.09. The molecule has 3 nitrogen and oxygen atoms in total. The van der Waals surface area contributed by atoms with Crippen molar-refractivity contribution in [3.05, 3.63) is 55.4 Å². The monoisotopic (exact) mass is 407 g/mol. The Bertz CT molecular complexity index is 638. The molecule has 0 amide bonds. The van der Waals surface area contributed by atoms with Crippen LogP contribution in [0.5, 0.6) is 0 Å². The van der Waals surface area contributed by atoms with Crippen molar-refractivity contribution < 1.29 is 0 Å². The normalized spacial score (nSPS) is 21.8. The molecule has 0 fully saturated rings. The van der Waals surface area contributed by atoms with E-state index in [0.717, 1.165) is 15.8 Å². The van der Waals surface area contributed by atoms with Crippen LogP contribution in [0.15, 0.2) is 60.4 Å². The minimum absolute atomic E-state index is 0.386. The van der Waals surface area contributed by atoms with Crippen molar-refractivity contribution in [1.82, 2.24) is 5.01 Å². The molecule has 112 valence electrons. The average molecular weight is 410 g/mol. The van der Waals surface area contributed by atoms with Gasteiger partial charge >= 0.3 is 0 Å². The summed E-state index contributed by atoms with van der Waals surface area (Å²) in [4.78, 5) is 4.50. The summed E-state index contributed by atoms with van der Waals surface area (Å²) in [5, 5.41) is 3.01. The number of nitrogens with two attached hydrogens (primary N) is 1.